The van der Waals surface area contributed by atoms with Crippen molar-refractivity contribution in [1.29, 1.82) is 0 Å². The summed E-state index contributed by atoms with van der Waals surface area (Å²) in [4.78, 5) is 0. The number of rotatable bonds is 1. The highest BCUT2D eigenvalue weighted by atomic mass is 14.3. The Balaban J connectivity index is 1.73. The molecule has 0 heteroatoms. The summed E-state index contributed by atoms with van der Waals surface area (Å²) in [5.41, 5.74) is 15.8. The van der Waals surface area contributed by atoms with Crippen molar-refractivity contribution in [3.05, 3.63) is 99.1 Å². The van der Waals surface area contributed by atoms with E-state index in [1.165, 1.54) is 61.2 Å². The standard InChI is InChI=1S/C26H24/c1-15-6-9-21-19(11-15)14-25-22(21)10-7-17(3)26(25)24-13-18(4)20-8-5-16(2)12-23(20)24/h5-13,24H,14H2,1-4H3. The van der Waals surface area contributed by atoms with Crippen LogP contribution in [0.2, 0.25) is 0 Å². The molecule has 5 rings (SSSR count). The van der Waals surface area contributed by atoms with Gasteiger partial charge in [0.25, 0.3) is 0 Å². The van der Waals surface area contributed by atoms with Gasteiger partial charge in [-0.05, 0) is 84.2 Å². The molecule has 1 unspecified atom stereocenters. The molecule has 0 nitrogen and oxygen atoms in total. The molecule has 3 aromatic carbocycles. The molecule has 0 saturated heterocycles. The van der Waals surface area contributed by atoms with Crippen LogP contribution < -0.4 is 0 Å². The van der Waals surface area contributed by atoms with Crippen molar-refractivity contribution in [3.63, 3.8) is 0 Å². The lowest BCUT2D eigenvalue weighted by molar-refractivity contribution is 0.992. The van der Waals surface area contributed by atoms with E-state index in [1.54, 1.807) is 0 Å². The zero-order chi connectivity index (χ0) is 18.0. The number of fused-ring (bicyclic) bond motifs is 4. The molecule has 2 aliphatic rings. The Morgan fingerprint density at radius 3 is 2.23 bits per heavy atom. The molecule has 128 valence electrons. The summed E-state index contributed by atoms with van der Waals surface area (Å²) in [6.07, 6.45) is 3.54. The van der Waals surface area contributed by atoms with Crippen molar-refractivity contribution in [2.24, 2.45) is 0 Å². The lowest BCUT2D eigenvalue weighted by Gasteiger charge is -2.19. The summed E-state index contributed by atoms with van der Waals surface area (Å²) in [6, 6.07) is 18.5. The van der Waals surface area contributed by atoms with Gasteiger partial charge in [0.05, 0.1) is 0 Å². The minimum absolute atomic E-state index is 0.384. The van der Waals surface area contributed by atoms with Gasteiger partial charge in [-0.3, -0.25) is 0 Å². The number of hydrogen-bond acceptors (Lipinski definition) is 0. The molecule has 0 amide bonds. The van der Waals surface area contributed by atoms with Gasteiger partial charge >= 0.3 is 0 Å². The van der Waals surface area contributed by atoms with E-state index in [1.807, 2.05) is 0 Å². The van der Waals surface area contributed by atoms with Gasteiger partial charge < -0.3 is 0 Å². The Bertz CT molecular complexity index is 1100. The van der Waals surface area contributed by atoms with E-state index < -0.39 is 0 Å². The third kappa shape index (κ3) is 2.15. The molecular weight excluding hydrogens is 312 g/mol. The zero-order valence-electron chi connectivity index (χ0n) is 16.0. The van der Waals surface area contributed by atoms with Crippen molar-refractivity contribution in [1.82, 2.24) is 0 Å². The predicted octanol–water partition coefficient (Wildman–Crippen LogP) is 6.73. The van der Waals surface area contributed by atoms with Gasteiger partial charge in [0, 0.05) is 5.92 Å². The van der Waals surface area contributed by atoms with Crippen LogP contribution in [0.4, 0.5) is 0 Å². The highest BCUT2D eigenvalue weighted by Crippen LogP contribution is 2.47. The molecule has 1 atom stereocenters. The normalized spacial score (nSPS) is 16.9. The first-order valence-electron chi connectivity index (χ1n) is 9.54. The topological polar surface area (TPSA) is 0 Å². The van der Waals surface area contributed by atoms with Gasteiger partial charge in [0.2, 0.25) is 0 Å². The fraction of sp³-hybridized carbons (Fsp3) is 0.231. The van der Waals surface area contributed by atoms with Crippen LogP contribution in [-0.2, 0) is 6.42 Å². The molecule has 0 spiro atoms. The average molecular weight is 336 g/mol. The second-order valence-corrected chi connectivity index (χ2v) is 8.08. The maximum Gasteiger partial charge on any atom is 0.0287 e. The minimum atomic E-state index is 0.384. The van der Waals surface area contributed by atoms with E-state index >= 15 is 0 Å². The highest BCUT2D eigenvalue weighted by Gasteiger charge is 2.30. The van der Waals surface area contributed by atoms with Crippen LogP contribution >= 0.6 is 0 Å². The second-order valence-electron chi connectivity index (χ2n) is 8.08. The molecule has 0 radical (unpaired) electrons. The maximum absolute atomic E-state index is 2.47. The number of benzene rings is 3. The number of allylic oxidation sites excluding steroid dienone is 2. The molecule has 0 heterocycles. The van der Waals surface area contributed by atoms with E-state index in [0.717, 1.165) is 6.42 Å². The summed E-state index contributed by atoms with van der Waals surface area (Å²) in [5, 5.41) is 0. The molecule has 0 fully saturated rings. The van der Waals surface area contributed by atoms with E-state index in [2.05, 4.69) is 82.3 Å². The molecular formula is C26H24. The summed E-state index contributed by atoms with van der Waals surface area (Å²) < 4.78 is 0. The van der Waals surface area contributed by atoms with Crippen LogP contribution in [-0.4, -0.2) is 0 Å². The summed E-state index contributed by atoms with van der Waals surface area (Å²) in [5.74, 6) is 0.384. The fourth-order valence-electron chi connectivity index (χ4n) is 4.95. The molecule has 0 aromatic heterocycles. The number of hydrogen-bond donors (Lipinski definition) is 0. The van der Waals surface area contributed by atoms with Crippen LogP contribution in [0.15, 0.2) is 54.6 Å². The van der Waals surface area contributed by atoms with E-state index in [-0.39, 0.29) is 0 Å². The average Bonchev–Trinajstić information content (AvgIpc) is 3.12. The van der Waals surface area contributed by atoms with E-state index in [9.17, 15) is 0 Å². The summed E-state index contributed by atoms with van der Waals surface area (Å²) in [7, 11) is 0. The predicted molar refractivity (Wildman–Crippen MR) is 111 cm³/mol. The fourth-order valence-corrected chi connectivity index (χ4v) is 4.95. The summed E-state index contributed by atoms with van der Waals surface area (Å²) >= 11 is 0. The Morgan fingerprint density at radius 2 is 1.42 bits per heavy atom. The zero-order valence-corrected chi connectivity index (χ0v) is 16.0. The highest BCUT2D eigenvalue weighted by molar-refractivity contribution is 5.82. The Morgan fingerprint density at radius 1 is 0.731 bits per heavy atom. The van der Waals surface area contributed by atoms with Gasteiger partial charge in [-0.1, -0.05) is 65.7 Å². The van der Waals surface area contributed by atoms with Crippen LogP contribution in [0.3, 0.4) is 0 Å². The van der Waals surface area contributed by atoms with Crippen LogP contribution in [0.25, 0.3) is 16.7 Å². The Kier molecular flexibility index (Phi) is 3.28. The van der Waals surface area contributed by atoms with Gasteiger partial charge in [-0.2, -0.15) is 0 Å². The largest absolute Gasteiger partial charge is 0.0691 e. The van der Waals surface area contributed by atoms with Crippen molar-refractivity contribution >= 4 is 5.57 Å². The Labute approximate surface area is 156 Å². The summed E-state index contributed by atoms with van der Waals surface area (Å²) in [6.45, 7) is 8.93. The first-order valence-corrected chi connectivity index (χ1v) is 9.54. The molecule has 0 bridgehead atoms. The third-order valence-electron chi connectivity index (χ3n) is 6.19. The quantitative estimate of drug-likeness (QED) is 0.361. The SMILES string of the molecule is CC1=CC(c2c(C)ccc3c2Cc2cc(C)ccc2-3)c2cc(C)ccc21. The molecule has 3 aromatic rings. The lowest BCUT2D eigenvalue weighted by Crippen LogP contribution is -2.04. The number of aryl methyl sites for hydroxylation is 3. The van der Waals surface area contributed by atoms with Crippen LogP contribution in [0.1, 0.15) is 57.3 Å². The first kappa shape index (κ1) is 15.6. The van der Waals surface area contributed by atoms with Gasteiger partial charge in [0.1, 0.15) is 0 Å². The lowest BCUT2D eigenvalue weighted by atomic mass is 9.84. The van der Waals surface area contributed by atoms with Crippen molar-refractivity contribution in [2.75, 3.05) is 0 Å². The first-order chi connectivity index (χ1) is 12.5. The van der Waals surface area contributed by atoms with Gasteiger partial charge in [-0.15, -0.1) is 0 Å². The van der Waals surface area contributed by atoms with Crippen molar-refractivity contribution < 1.29 is 0 Å². The van der Waals surface area contributed by atoms with Crippen molar-refractivity contribution in [3.8, 4) is 11.1 Å². The van der Waals surface area contributed by atoms with Crippen molar-refractivity contribution in [2.45, 2.75) is 40.0 Å². The maximum atomic E-state index is 2.47. The molecule has 2 aliphatic carbocycles. The van der Waals surface area contributed by atoms with Gasteiger partial charge in [-0.25, -0.2) is 0 Å². The monoisotopic (exact) mass is 336 g/mol. The molecule has 26 heavy (non-hydrogen) atoms. The van der Waals surface area contributed by atoms with E-state index in [4.69, 9.17) is 0 Å². The third-order valence-corrected chi connectivity index (χ3v) is 6.19. The molecule has 0 aliphatic heterocycles. The second kappa shape index (κ2) is 5.45. The smallest absolute Gasteiger partial charge is 0.0287 e. The minimum Gasteiger partial charge on any atom is -0.0691 e. The van der Waals surface area contributed by atoms with Crippen LogP contribution in [0.5, 0.6) is 0 Å². The van der Waals surface area contributed by atoms with Gasteiger partial charge in [0.15, 0.2) is 0 Å². The van der Waals surface area contributed by atoms with Crippen LogP contribution in [0, 0.1) is 20.8 Å². The molecule has 0 N–H and O–H groups in total. The molecule has 0 saturated carbocycles. The Hall–Kier alpha value is -2.60. The van der Waals surface area contributed by atoms with E-state index in [0.29, 0.717) is 5.92 Å².